The Kier molecular flexibility index (Phi) is 7.80. The number of hydrogen-bond acceptors (Lipinski definition) is 4. The normalized spacial score (nSPS) is 11.1. The molecule has 0 bridgehead atoms. The average molecular weight is 239 g/mol. The highest BCUT2D eigenvalue weighted by atomic mass is 16.5. The lowest BCUT2D eigenvalue weighted by molar-refractivity contribution is -0.142. The summed E-state index contributed by atoms with van der Waals surface area (Å²) in [7, 11) is 3.07. The fourth-order valence-corrected chi connectivity index (χ4v) is 1.31. The lowest BCUT2D eigenvalue weighted by atomic mass is 10.1. The lowest BCUT2D eigenvalue weighted by Crippen LogP contribution is -2.36. The number of ether oxygens (including phenoxy) is 1. The van der Waals surface area contributed by atoms with Crippen LogP contribution in [-0.4, -0.2) is 31.3 Å². The molecule has 4 heteroatoms. The first-order valence-corrected chi connectivity index (χ1v) is 5.70. The van der Waals surface area contributed by atoms with Crippen molar-refractivity contribution in [1.82, 2.24) is 5.32 Å². The molecule has 0 amide bonds. The van der Waals surface area contributed by atoms with E-state index in [9.17, 15) is 4.79 Å². The second kappa shape index (κ2) is 8.58. The zero-order valence-corrected chi connectivity index (χ0v) is 10.9. The number of esters is 1. The topological polar surface area (TPSA) is 58.6 Å². The molecular formula is C13H21NO3. The Labute approximate surface area is 103 Å². The van der Waals surface area contributed by atoms with Crippen LogP contribution in [0.2, 0.25) is 0 Å². The van der Waals surface area contributed by atoms with E-state index in [4.69, 9.17) is 5.11 Å². The largest absolute Gasteiger partial charge is 0.508 e. The van der Waals surface area contributed by atoms with E-state index < -0.39 is 0 Å². The van der Waals surface area contributed by atoms with Crippen LogP contribution in [-0.2, 0) is 16.0 Å². The number of methoxy groups -OCH3 is 1. The van der Waals surface area contributed by atoms with Gasteiger partial charge in [-0.3, -0.25) is 4.79 Å². The van der Waals surface area contributed by atoms with Crippen LogP contribution in [0, 0.1) is 0 Å². The molecule has 1 rings (SSSR count). The minimum atomic E-state index is -0.348. The van der Waals surface area contributed by atoms with Gasteiger partial charge < -0.3 is 15.2 Å². The first kappa shape index (κ1) is 15.4. The van der Waals surface area contributed by atoms with Gasteiger partial charge in [-0.15, -0.1) is 0 Å². The molecule has 1 aromatic rings. The third kappa shape index (κ3) is 5.36. The number of hydrogen-bond donors (Lipinski definition) is 2. The Hall–Kier alpha value is -1.55. The number of carbonyl (C=O) groups excluding carboxylic acids is 1. The molecule has 0 heterocycles. The van der Waals surface area contributed by atoms with Gasteiger partial charge in [0.1, 0.15) is 11.8 Å². The molecule has 1 atom stereocenters. The van der Waals surface area contributed by atoms with E-state index in [1.807, 2.05) is 13.8 Å². The van der Waals surface area contributed by atoms with Gasteiger partial charge in [0.05, 0.1) is 7.11 Å². The molecule has 2 N–H and O–H groups in total. The monoisotopic (exact) mass is 239 g/mol. The van der Waals surface area contributed by atoms with Crippen LogP contribution in [0.4, 0.5) is 0 Å². The smallest absolute Gasteiger partial charge is 0.323 e. The van der Waals surface area contributed by atoms with Crippen LogP contribution >= 0.6 is 0 Å². The van der Waals surface area contributed by atoms with Gasteiger partial charge in [0, 0.05) is 0 Å². The summed E-state index contributed by atoms with van der Waals surface area (Å²) in [6.45, 7) is 4.00. The third-order valence-electron chi connectivity index (χ3n) is 2.21. The molecular weight excluding hydrogens is 218 g/mol. The van der Waals surface area contributed by atoms with Crippen molar-refractivity contribution in [1.29, 1.82) is 0 Å². The Morgan fingerprint density at radius 3 is 2.29 bits per heavy atom. The van der Waals surface area contributed by atoms with E-state index in [-0.39, 0.29) is 17.8 Å². The SMILES string of the molecule is CC.CNC(Cc1ccc(O)cc1)C(=O)OC. The Morgan fingerprint density at radius 2 is 1.88 bits per heavy atom. The van der Waals surface area contributed by atoms with E-state index in [2.05, 4.69) is 10.1 Å². The molecule has 0 saturated carbocycles. The Balaban J connectivity index is 0.00000121. The summed E-state index contributed by atoms with van der Waals surface area (Å²) in [6, 6.07) is 6.41. The molecule has 96 valence electrons. The molecule has 0 aliphatic rings. The average Bonchev–Trinajstić information content (AvgIpc) is 2.39. The van der Waals surface area contributed by atoms with Crippen LogP contribution in [0.5, 0.6) is 5.75 Å². The van der Waals surface area contributed by atoms with Crippen molar-refractivity contribution in [3.63, 3.8) is 0 Å². The molecule has 4 nitrogen and oxygen atoms in total. The van der Waals surface area contributed by atoms with Gasteiger partial charge in [-0.1, -0.05) is 26.0 Å². The lowest BCUT2D eigenvalue weighted by Gasteiger charge is -2.13. The molecule has 0 aliphatic heterocycles. The Morgan fingerprint density at radius 1 is 1.35 bits per heavy atom. The van der Waals surface area contributed by atoms with E-state index in [1.54, 1.807) is 31.3 Å². The molecule has 0 radical (unpaired) electrons. The summed E-state index contributed by atoms with van der Waals surface area (Å²) in [5, 5.41) is 12.0. The molecule has 1 unspecified atom stereocenters. The molecule has 0 aromatic heterocycles. The standard InChI is InChI=1S/C11H15NO3.C2H6/c1-12-10(11(14)15-2)7-8-3-5-9(13)6-4-8;1-2/h3-6,10,12-13H,7H2,1-2H3;1-2H3. The second-order valence-corrected chi connectivity index (χ2v) is 3.23. The predicted molar refractivity (Wildman–Crippen MR) is 68.0 cm³/mol. The van der Waals surface area contributed by atoms with Crippen molar-refractivity contribution in [3.05, 3.63) is 29.8 Å². The van der Waals surface area contributed by atoms with Crippen LogP contribution in [0.15, 0.2) is 24.3 Å². The van der Waals surface area contributed by atoms with Crippen molar-refractivity contribution in [2.24, 2.45) is 0 Å². The van der Waals surface area contributed by atoms with Crippen molar-refractivity contribution < 1.29 is 14.6 Å². The first-order chi connectivity index (χ1) is 8.17. The quantitative estimate of drug-likeness (QED) is 0.785. The summed E-state index contributed by atoms with van der Waals surface area (Å²) in [5.74, 6) is -0.0663. The minimum absolute atomic E-state index is 0.220. The van der Waals surface area contributed by atoms with Crippen molar-refractivity contribution in [3.8, 4) is 5.75 Å². The maximum Gasteiger partial charge on any atom is 0.323 e. The summed E-state index contributed by atoms with van der Waals surface area (Å²) < 4.78 is 4.65. The van der Waals surface area contributed by atoms with Gasteiger partial charge in [0.15, 0.2) is 0 Å². The first-order valence-electron chi connectivity index (χ1n) is 5.70. The molecule has 0 fully saturated rings. The highest BCUT2D eigenvalue weighted by molar-refractivity contribution is 5.76. The zero-order chi connectivity index (χ0) is 13.3. The summed E-state index contributed by atoms with van der Waals surface area (Å²) in [6.07, 6.45) is 0.545. The van der Waals surface area contributed by atoms with Crippen LogP contribution in [0.1, 0.15) is 19.4 Å². The summed E-state index contributed by atoms with van der Waals surface area (Å²) in [4.78, 5) is 11.3. The number of rotatable bonds is 4. The number of phenols is 1. The predicted octanol–water partition coefficient (Wildman–Crippen LogP) is 1.72. The fourth-order valence-electron chi connectivity index (χ4n) is 1.31. The zero-order valence-electron chi connectivity index (χ0n) is 10.9. The minimum Gasteiger partial charge on any atom is -0.508 e. The maximum absolute atomic E-state index is 11.3. The molecule has 0 saturated heterocycles. The summed E-state index contributed by atoms with van der Waals surface area (Å²) >= 11 is 0. The van der Waals surface area contributed by atoms with E-state index >= 15 is 0 Å². The highest BCUT2D eigenvalue weighted by Gasteiger charge is 2.16. The van der Waals surface area contributed by atoms with Gasteiger partial charge >= 0.3 is 5.97 Å². The second-order valence-electron chi connectivity index (χ2n) is 3.23. The number of carbonyl (C=O) groups is 1. The number of benzene rings is 1. The summed E-state index contributed by atoms with van der Waals surface area (Å²) in [5.41, 5.74) is 0.970. The Bertz CT molecular complexity index is 322. The number of likely N-dealkylation sites (N-methyl/N-ethyl adjacent to an activating group) is 1. The van der Waals surface area contributed by atoms with E-state index in [0.29, 0.717) is 6.42 Å². The van der Waals surface area contributed by atoms with Crippen LogP contribution in [0.25, 0.3) is 0 Å². The fraction of sp³-hybridized carbons (Fsp3) is 0.462. The van der Waals surface area contributed by atoms with Crippen LogP contribution in [0.3, 0.4) is 0 Å². The number of aromatic hydroxyl groups is 1. The van der Waals surface area contributed by atoms with E-state index in [0.717, 1.165) is 5.56 Å². The van der Waals surface area contributed by atoms with Gasteiger partial charge in [0.2, 0.25) is 0 Å². The van der Waals surface area contributed by atoms with Crippen LogP contribution < -0.4 is 5.32 Å². The van der Waals surface area contributed by atoms with Gasteiger partial charge in [-0.05, 0) is 31.2 Å². The number of nitrogens with one attached hydrogen (secondary N) is 1. The maximum atomic E-state index is 11.3. The van der Waals surface area contributed by atoms with Gasteiger partial charge in [-0.25, -0.2) is 0 Å². The number of phenolic OH excluding ortho intramolecular Hbond substituents is 1. The van der Waals surface area contributed by atoms with Crippen molar-refractivity contribution >= 4 is 5.97 Å². The molecule has 0 aliphatic carbocycles. The van der Waals surface area contributed by atoms with E-state index in [1.165, 1.54) is 7.11 Å². The van der Waals surface area contributed by atoms with Crippen molar-refractivity contribution in [2.75, 3.05) is 14.2 Å². The van der Waals surface area contributed by atoms with Gasteiger partial charge in [-0.2, -0.15) is 0 Å². The molecule has 17 heavy (non-hydrogen) atoms. The third-order valence-corrected chi connectivity index (χ3v) is 2.21. The van der Waals surface area contributed by atoms with Gasteiger partial charge in [0.25, 0.3) is 0 Å². The van der Waals surface area contributed by atoms with Crippen molar-refractivity contribution in [2.45, 2.75) is 26.3 Å². The molecule has 0 spiro atoms. The molecule has 1 aromatic carbocycles. The highest BCUT2D eigenvalue weighted by Crippen LogP contribution is 2.11.